The molecule has 0 radical (unpaired) electrons. The topological polar surface area (TPSA) is 149 Å². The number of nitrogens with two attached hydrogens (primary N) is 1. The van der Waals surface area contributed by atoms with Crippen LogP contribution >= 0.6 is 0 Å². The molecule has 3 amide bonds. The van der Waals surface area contributed by atoms with E-state index in [0.717, 1.165) is 0 Å². The maximum Gasteiger partial charge on any atom is 0.274 e. The molecule has 0 atom stereocenters. The number of hydrogen-bond acceptors (Lipinski definition) is 10. The summed E-state index contributed by atoms with van der Waals surface area (Å²) in [6.07, 6.45) is 3.80. The number of nitrogens with zero attached hydrogens (tertiary/aromatic N) is 4. The second-order valence-corrected chi connectivity index (χ2v) is 10.2. The molecular weight excluding hydrogens is 583 g/mol. The number of methoxy groups -OCH3 is 1. The minimum Gasteiger partial charge on any atom is -0.493 e. The number of fused-ring (bicyclic) bond motifs is 1. The van der Waals surface area contributed by atoms with Crippen molar-refractivity contribution in [1.82, 2.24) is 19.9 Å². The van der Waals surface area contributed by atoms with Gasteiger partial charge in [0.05, 0.1) is 18.3 Å². The van der Waals surface area contributed by atoms with Gasteiger partial charge in [-0.3, -0.25) is 14.4 Å². The van der Waals surface area contributed by atoms with Crippen LogP contribution in [0, 0.1) is 5.82 Å². The van der Waals surface area contributed by atoms with Gasteiger partial charge in [-0.1, -0.05) is 12.6 Å². The third-order valence-corrected chi connectivity index (χ3v) is 7.21. The van der Waals surface area contributed by atoms with Crippen LogP contribution in [0.5, 0.6) is 23.0 Å². The van der Waals surface area contributed by atoms with Crippen molar-refractivity contribution in [3.63, 3.8) is 0 Å². The monoisotopic (exact) mass is 614 g/mol. The van der Waals surface area contributed by atoms with Crippen molar-refractivity contribution < 1.29 is 33.0 Å². The first-order chi connectivity index (χ1) is 21.7. The van der Waals surface area contributed by atoms with Crippen molar-refractivity contribution in [1.29, 1.82) is 0 Å². The standard InChI is InChI=1S/C32H31FN6O6/c1-4-30(41)38-12-10-21(11-13-38)45-29-16-24-27(17-28(29)43-3)35-18-36-31(24)37-26-9-8-23(15-25(26)33)44-22-7-5-6-20(14-22)32(42)39(34)19(2)40/h4-9,14-18,21H,1,10-13,34H2,2-3H3,(H,35,36,37). The lowest BCUT2D eigenvalue weighted by Gasteiger charge is -2.31. The maximum atomic E-state index is 15.3. The summed E-state index contributed by atoms with van der Waals surface area (Å²) in [5.41, 5.74) is 0.815. The lowest BCUT2D eigenvalue weighted by molar-refractivity contribution is -0.128. The van der Waals surface area contributed by atoms with E-state index in [-0.39, 0.29) is 34.8 Å². The van der Waals surface area contributed by atoms with E-state index in [4.69, 9.17) is 20.1 Å². The number of likely N-dealkylation sites (tertiary alicyclic amines) is 1. The van der Waals surface area contributed by atoms with Crippen LogP contribution in [0.1, 0.15) is 30.1 Å². The van der Waals surface area contributed by atoms with Gasteiger partial charge in [-0.05, 0) is 42.5 Å². The smallest absolute Gasteiger partial charge is 0.274 e. The molecule has 0 unspecified atom stereocenters. The number of carbonyl (C=O) groups is 3. The number of nitrogens with one attached hydrogen (secondary N) is 1. The number of anilines is 2. The third kappa shape index (κ3) is 6.99. The van der Waals surface area contributed by atoms with Crippen molar-refractivity contribution in [2.24, 2.45) is 5.84 Å². The average molecular weight is 615 g/mol. The van der Waals surface area contributed by atoms with Crippen molar-refractivity contribution in [3.05, 3.63) is 85.0 Å². The number of benzene rings is 3. The Labute approximate surface area is 258 Å². The summed E-state index contributed by atoms with van der Waals surface area (Å²) in [7, 11) is 1.53. The number of amides is 3. The lowest BCUT2D eigenvalue weighted by atomic mass is 10.1. The SMILES string of the molecule is C=CC(=O)N1CCC(Oc2cc3c(Nc4ccc(Oc5cccc(C(=O)N(N)C(C)=O)c5)cc4F)ncnc3cc2OC)CC1. The predicted octanol–water partition coefficient (Wildman–Crippen LogP) is 4.73. The molecule has 1 aliphatic rings. The van der Waals surface area contributed by atoms with Gasteiger partial charge in [0.2, 0.25) is 11.8 Å². The van der Waals surface area contributed by atoms with E-state index in [0.29, 0.717) is 59.2 Å². The van der Waals surface area contributed by atoms with Gasteiger partial charge in [-0.25, -0.2) is 25.2 Å². The molecule has 5 rings (SSSR count). The zero-order valence-electron chi connectivity index (χ0n) is 24.7. The largest absolute Gasteiger partial charge is 0.493 e. The number of imide groups is 1. The molecule has 0 bridgehead atoms. The summed E-state index contributed by atoms with van der Waals surface area (Å²) in [5.74, 6) is 5.19. The van der Waals surface area contributed by atoms with E-state index in [1.54, 1.807) is 35.2 Å². The summed E-state index contributed by atoms with van der Waals surface area (Å²) in [6, 6.07) is 13.7. The van der Waals surface area contributed by atoms with Gasteiger partial charge in [0.1, 0.15) is 35.6 Å². The fourth-order valence-electron chi connectivity index (χ4n) is 4.82. The molecule has 1 aliphatic heterocycles. The molecule has 3 aromatic carbocycles. The van der Waals surface area contributed by atoms with Gasteiger partial charge in [-0.15, -0.1) is 0 Å². The molecule has 1 fully saturated rings. The Morgan fingerprint density at radius 1 is 1.07 bits per heavy atom. The van der Waals surface area contributed by atoms with Gasteiger partial charge in [0, 0.05) is 55.9 Å². The molecule has 13 heteroatoms. The molecule has 0 spiro atoms. The van der Waals surface area contributed by atoms with Crippen molar-refractivity contribution >= 4 is 40.1 Å². The van der Waals surface area contributed by atoms with Gasteiger partial charge < -0.3 is 24.4 Å². The number of aromatic nitrogens is 2. The molecule has 2 heterocycles. The minimum absolute atomic E-state index is 0.105. The fourth-order valence-corrected chi connectivity index (χ4v) is 4.82. The third-order valence-electron chi connectivity index (χ3n) is 7.21. The number of ether oxygens (including phenoxy) is 3. The Morgan fingerprint density at radius 3 is 2.51 bits per heavy atom. The lowest BCUT2D eigenvalue weighted by Crippen LogP contribution is -2.41. The van der Waals surface area contributed by atoms with E-state index in [9.17, 15) is 14.4 Å². The number of carbonyl (C=O) groups excluding carboxylic acids is 3. The van der Waals surface area contributed by atoms with E-state index in [1.807, 2.05) is 0 Å². The highest BCUT2D eigenvalue weighted by Crippen LogP contribution is 2.37. The van der Waals surface area contributed by atoms with Crippen molar-refractivity contribution in [2.75, 3.05) is 25.5 Å². The first-order valence-electron chi connectivity index (χ1n) is 14.0. The van der Waals surface area contributed by atoms with Crippen LogP contribution in [0.25, 0.3) is 10.9 Å². The number of halogens is 1. The molecule has 232 valence electrons. The number of hydrazine groups is 1. The molecule has 1 saturated heterocycles. The fraction of sp³-hybridized carbons (Fsp3) is 0.219. The predicted molar refractivity (Wildman–Crippen MR) is 164 cm³/mol. The zero-order chi connectivity index (χ0) is 32.1. The Morgan fingerprint density at radius 2 is 1.82 bits per heavy atom. The van der Waals surface area contributed by atoms with Gasteiger partial charge in [0.15, 0.2) is 11.5 Å². The molecule has 3 N–H and O–H groups in total. The average Bonchev–Trinajstić information content (AvgIpc) is 3.05. The second-order valence-electron chi connectivity index (χ2n) is 10.2. The molecular formula is C32H31FN6O6. The summed E-state index contributed by atoms with van der Waals surface area (Å²) < 4.78 is 32.9. The van der Waals surface area contributed by atoms with E-state index < -0.39 is 17.6 Å². The Bertz CT molecular complexity index is 1770. The molecule has 45 heavy (non-hydrogen) atoms. The van der Waals surface area contributed by atoms with Crippen LogP contribution in [0.3, 0.4) is 0 Å². The van der Waals surface area contributed by atoms with Gasteiger partial charge in [-0.2, -0.15) is 0 Å². The molecule has 12 nitrogen and oxygen atoms in total. The maximum absolute atomic E-state index is 15.3. The quantitative estimate of drug-likeness (QED) is 0.117. The van der Waals surface area contributed by atoms with Crippen LogP contribution in [-0.4, -0.2) is 63.9 Å². The Hall–Kier alpha value is -5.56. The molecule has 1 aromatic heterocycles. The molecule has 4 aromatic rings. The normalized spacial score (nSPS) is 13.2. The Balaban J connectivity index is 1.33. The first kappa shape index (κ1) is 30.9. The van der Waals surface area contributed by atoms with Crippen LogP contribution < -0.4 is 25.4 Å². The highest BCUT2D eigenvalue weighted by atomic mass is 19.1. The van der Waals surface area contributed by atoms with Crippen LogP contribution in [0.15, 0.2) is 73.6 Å². The highest BCUT2D eigenvalue weighted by molar-refractivity contribution is 6.03. The molecule has 0 saturated carbocycles. The van der Waals surface area contributed by atoms with E-state index >= 15 is 4.39 Å². The van der Waals surface area contributed by atoms with E-state index in [1.165, 1.54) is 50.7 Å². The van der Waals surface area contributed by atoms with E-state index in [2.05, 4.69) is 21.9 Å². The van der Waals surface area contributed by atoms with Crippen LogP contribution in [0.4, 0.5) is 15.9 Å². The number of rotatable bonds is 9. The van der Waals surface area contributed by atoms with Gasteiger partial charge in [0.25, 0.3) is 5.91 Å². The highest BCUT2D eigenvalue weighted by Gasteiger charge is 2.24. The number of hydrogen-bond donors (Lipinski definition) is 2. The van der Waals surface area contributed by atoms with Crippen LogP contribution in [0.2, 0.25) is 0 Å². The zero-order valence-corrected chi connectivity index (χ0v) is 24.7. The summed E-state index contributed by atoms with van der Waals surface area (Å²) in [4.78, 5) is 46.1. The van der Waals surface area contributed by atoms with Crippen molar-refractivity contribution in [2.45, 2.75) is 25.9 Å². The second kappa shape index (κ2) is 13.4. The van der Waals surface area contributed by atoms with Crippen LogP contribution in [-0.2, 0) is 9.59 Å². The van der Waals surface area contributed by atoms with Gasteiger partial charge >= 0.3 is 0 Å². The number of piperidine rings is 1. The summed E-state index contributed by atoms with van der Waals surface area (Å²) >= 11 is 0. The molecule has 0 aliphatic carbocycles. The summed E-state index contributed by atoms with van der Waals surface area (Å²) in [6.45, 7) is 5.82. The summed E-state index contributed by atoms with van der Waals surface area (Å²) in [5, 5.41) is 4.09. The minimum atomic E-state index is -0.702. The first-order valence-corrected chi connectivity index (χ1v) is 14.0. The van der Waals surface area contributed by atoms with Crippen molar-refractivity contribution in [3.8, 4) is 23.0 Å². The Kier molecular flexibility index (Phi) is 9.19.